The van der Waals surface area contributed by atoms with E-state index in [4.69, 9.17) is 4.74 Å². The van der Waals surface area contributed by atoms with Crippen molar-refractivity contribution < 1.29 is 23.9 Å². The highest BCUT2D eigenvalue weighted by Gasteiger charge is 2.39. The van der Waals surface area contributed by atoms with Gasteiger partial charge in [-0.25, -0.2) is 4.79 Å². The number of esters is 1. The van der Waals surface area contributed by atoms with Crippen LogP contribution in [0.15, 0.2) is 43.0 Å². The molecule has 1 aliphatic rings. The summed E-state index contributed by atoms with van der Waals surface area (Å²) in [6.07, 6.45) is 3.06. The number of carbonyl (C=O) groups excluding carboxylic acids is 4. The Bertz CT molecular complexity index is 844. The third kappa shape index (κ3) is 7.04. The number of hydrogen-bond acceptors (Lipinski definition) is 5. The minimum absolute atomic E-state index is 0.0377. The van der Waals surface area contributed by atoms with E-state index < -0.39 is 29.6 Å². The fraction of sp³-hybridized carbons (Fsp3) is 0.520. The summed E-state index contributed by atoms with van der Waals surface area (Å²) in [5.41, 5.74) is -0.180. The van der Waals surface area contributed by atoms with Gasteiger partial charge in [-0.3, -0.25) is 14.4 Å². The summed E-state index contributed by atoms with van der Waals surface area (Å²) in [5.74, 6) is -1.89. The van der Waals surface area contributed by atoms with Crippen LogP contribution < -0.4 is 5.32 Å². The summed E-state index contributed by atoms with van der Waals surface area (Å²) >= 11 is 0. The lowest BCUT2D eigenvalue weighted by Gasteiger charge is -2.29. The summed E-state index contributed by atoms with van der Waals surface area (Å²) in [6.45, 7) is 11.2. The van der Waals surface area contributed by atoms with Crippen molar-refractivity contribution in [2.45, 2.75) is 71.1 Å². The SMILES string of the molecule is C=CCC(NC(=O)c1ccccc1)C(=O)CC(C)C(=O)N1CCC[C@H]1C(=O)OC(C)(C)C. The van der Waals surface area contributed by atoms with E-state index in [0.717, 1.165) is 0 Å². The van der Waals surface area contributed by atoms with Gasteiger partial charge in [0.05, 0.1) is 6.04 Å². The Labute approximate surface area is 190 Å². The van der Waals surface area contributed by atoms with Crippen molar-refractivity contribution in [3.05, 3.63) is 48.6 Å². The van der Waals surface area contributed by atoms with Crippen LogP contribution in [0.2, 0.25) is 0 Å². The molecule has 0 aliphatic carbocycles. The quantitative estimate of drug-likeness (QED) is 0.468. The molecule has 2 amide bonds. The first-order valence-electron chi connectivity index (χ1n) is 11.1. The average molecular weight is 443 g/mol. The number of likely N-dealkylation sites (tertiary alicyclic amines) is 1. The first kappa shape index (κ1) is 25.3. The van der Waals surface area contributed by atoms with E-state index in [1.807, 2.05) is 0 Å². The van der Waals surface area contributed by atoms with Gasteiger partial charge in [-0.1, -0.05) is 31.2 Å². The van der Waals surface area contributed by atoms with Crippen molar-refractivity contribution in [3.8, 4) is 0 Å². The molecule has 0 saturated carbocycles. The highest BCUT2D eigenvalue weighted by molar-refractivity contribution is 5.99. The van der Waals surface area contributed by atoms with Crippen molar-refractivity contribution in [1.29, 1.82) is 0 Å². The summed E-state index contributed by atoms with van der Waals surface area (Å²) in [7, 11) is 0. The van der Waals surface area contributed by atoms with Crippen molar-refractivity contribution >= 4 is 23.6 Å². The zero-order valence-corrected chi connectivity index (χ0v) is 19.4. The number of Topliss-reactive ketones (excluding diaryl/α,β-unsaturated/α-hetero) is 1. The first-order chi connectivity index (χ1) is 15.0. The maximum Gasteiger partial charge on any atom is 0.329 e. The Hall–Kier alpha value is -2.96. The molecule has 1 N–H and O–H groups in total. The van der Waals surface area contributed by atoms with Crippen LogP contribution in [-0.4, -0.2) is 52.7 Å². The highest BCUT2D eigenvalue weighted by Crippen LogP contribution is 2.24. The Morgan fingerprint density at radius 1 is 1.22 bits per heavy atom. The number of rotatable bonds is 9. The lowest BCUT2D eigenvalue weighted by molar-refractivity contribution is -0.163. The predicted octanol–water partition coefficient (Wildman–Crippen LogP) is 3.29. The van der Waals surface area contributed by atoms with Crippen molar-refractivity contribution in [2.24, 2.45) is 5.92 Å². The monoisotopic (exact) mass is 442 g/mol. The molecule has 1 saturated heterocycles. The Morgan fingerprint density at radius 3 is 2.47 bits per heavy atom. The standard InChI is InChI=1S/C25H34N2O5/c1-6-11-19(26-22(29)18-12-8-7-9-13-18)21(28)16-17(2)23(30)27-15-10-14-20(27)24(31)32-25(3,4)5/h6-9,12-13,17,19-20H,1,10-11,14-16H2,2-5H3,(H,26,29)/t17?,19?,20-/m0/s1. The number of carbonyl (C=O) groups is 4. The van der Waals surface area contributed by atoms with Crippen LogP contribution in [-0.2, 0) is 19.1 Å². The molecule has 3 atom stereocenters. The average Bonchev–Trinajstić information content (AvgIpc) is 3.22. The Morgan fingerprint density at radius 2 is 1.88 bits per heavy atom. The maximum absolute atomic E-state index is 13.0. The lowest BCUT2D eigenvalue weighted by atomic mass is 9.96. The summed E-state index contributed by atoms with van der Waals surface area (Å²) in [6, 6.07) is 7.24. The molecule has 7 heteroatoms. The molecule has 1 aliphatic heterocycles. The molecule has 1 aromatic rings. The van der Waals surface area contributed by atoms with Gasteiger partial charge < -0.3 is 15.0 Å². The van der Waals surface area contributed by atoms with Gasteiger partial charge in [0.25, 0.3) is 5.91 Å². The summed E-state index contributed by atoms with van der Waals surface area (Å²) < 4.78 is 5.46. The molecule has 1 aromatic carbocycles. The van der Waals surface area contributed by atoms with Gasteiger partial charge in [-0.05, 0) is 52.2 Å². The van der Waals surface area contributed by atoms with Crippen LogP contribution in [0.4, 0.5) is 0 Å². The van der Waals surface area contributed by atoms with Crippen LogP contribution in [0.25, 0.3) is 0 Å². The molecular weight excluding hydrogens is 408 g/mol. The molecule has 0 aromatic heterocycles. The van der Waals surface area contributed by atoms with Crippen LogP contribution in [0, 0.1) is 5.92 Å². The van der Waals surface area contributed by atoms with E-state index in [-0.39, 0.29) is 30.4 Å². The second kappa shape index (κ2) is 11.1. The number of nitrogens with zero attached hydrogens (tertiary/aromatic N) is 1. The van der Waals surface area contributed by atoms with E-state index in [0.29, 0.717) is 24.9 Å². The lowest BCUT2D eigenvalue weighted by Crippen LogP contribution is -2.46. The highest BCUT2D eigenvalue weighted by atomic mass is 16.6. The maximum atomic E-state index is 13.0. The third-order valence-corrected chi connectivity index (χ3v) is 5.28. The number of ketones is 1. The Kier molecular flexibility index (Phi) is 8.75. The van der Waals surface area contributed by atoms with Crippen LogP contribution in [0.5, 0.6) is 0 Å². The van der Waals surface area contributed by atoms with Crippen LogP contribution >= 0.6 is 0 Å². The smallest absolute Gasteiger partial charge is 0.329 e. The Balaban J connectivity index is 2.01. The van der Waals surface area contributed by atoms with E-state index in [2.05, 4.69) is 11.9 Å². The molecule has 2 unspecified atom stereocenters. The van der Waals surface area contributed by atoms with Crippen LogP contribution in [0.1, 0.15) is 63.7 Å². The number of hydrogen-bond donors (Lipinski definition) is 1. The molecule has 32 heavy (non-hydrogen) atoms. The van der Waals surface area contributed by atoms with Gasteiger partial charge in [0.1, 0.15) is 11.6 Å². The molecular formula is C25H34N2O5. The normalized spacial score (nSPS) is 17.9. The number of amides is 2. The zero-order chi connectivity index (χ0) is 23.9. The van der Waals surface area contributed by atoms with E-state index in [9.17, 15) is 19.2 Å². The van der Waals surface area contributed by atoms with Crippen LogP contribution in [0.3, 0.4) is 0 Å². The minimum atomic E-state index is -0.768. The van der Waals surface area contributed by atoms with Crippen molar-refractivity contribution in [1.82, 2.24) is 10.2 Å². The zero-order valence-electron chi connectivity index (χ0n) is 19.4. The van der Waals surface area contributed by atoms with Crippen molar-refractivity contribution in [2.75, 3.05) is 6.54 Å². The molecule has 1 fully saturated rings. The second-order valence-electron chi connectivity index (χ2n) is 9.21. The number of ether oxygens (including phenoxy) is 1. The van der Waals surface area contributed by atoms with Gasteiger partial charge in [0, 0.05) is 24.4 Å². The fourth-order valence-corrected chi connectivity index (χ4v) is 3.73. The third-order valence-electron chi connectivity index (χ3n) is 5.28. The molecule has 1 heterocycles. The van der Waals surface area contributed by atoms with Gasteiger partial charge in [-0.2, -0.15) is 0 Å². The predicted molar refractivity (Wildman–Crippen MR) is 122 cm³/mol. The molecule has 0 spiro atoms. The van der Waals surface area contributed by atoms with Crippen molar-refractivity contribution in [3.63, 3.8) is 0 Å². The summed E-state index contributed by atoms with van der Waals surface area (Å²) in [4.78, 5) is 52.5. The molecule has 0 radical (unpaired) electrons. The molecule has 2 rings (SSSR count). The van der Waals surface area contributed by atoms with E-state index in [1.165, 1.54) is 4.90 Å². The van der Waals surface area contributed by atoms with Gasteiger partial charge in [-0.15, -0.1) is 6.58 Å². The summed E-state index contributed by atoms with van der Waals surface area (Å²) in [5, 5.41) is 2.74. The largest absolute Gasteiger partial charge is 0.458 e. The number of benzene rings is 1. The fourth-order valence-electron chi connectivity index (χ4n) is 3.73. The minimum Gasteiger partial charge on any atom is -0.458 e. The molecule has 7 nitrogen and oxygen atoms in total. The first-order valence-corrected chi connectivity index (χ1v) is 11.1. The number of nitrogens with one attached hydrogen (secondary N) is 1. The van der Waals surface area contributed by atoms with Gasteiger partial charge in [0.15, 0.2) is 5.78 Å². The molecule has 174 valence electrons. The van der Waals surface area contributed by atoms with Gasteiger partial charge >= 0.3 is 5.97 Å². The van der Waals surface area contributed by atoms with E-state index in [1.54, 1.807) is 64.1 Å². The second-order valence-corrected chi connectivity index (χ2v) is 9.21. The van der Waals surface area contributed by atoms with Gasteiger partial charge in [0.2, 0.25) is 5.91 Å². The van der Waals surface area contributed by atoms with E-state index >= 15 is 0 Å². The topological polar surface area (TPSA) is 92.8 Å². The molecule has 0 bridgehead atoms.